The number of hydrogen-bond acceptors (Lipinski definition) is 10. The molecule has 0 bridgehead atoms. The van der Waals surface area contributed by atoms with Crippen molar-refractivity contribution in [1.29, 1.82) is 0 Å². The minimum atomic E-state index is -4.45. The maximum atomic E-state index is 14.4. The van der Waals surface area contributed by atoms with Crippen LogP contribution in [0, 0.1) is 5.92 Å². The third-order valence-electron chi connectivity index (χ3n) is 10.3. The number of carbonyl (C=O) groups excluding carboxylic acids is 5. The van der Waals surface area contributed by atoms with Gasteiger partial charge in [0.25, 0.3) is 5.91 Å². The number of nitrogens with one attached hydrogen (secondary N) is 4. The standard InChI is InChI=1S/C39H50N6O10S/c1-38(2,3)55-36(49)40-31-15-9-7-5-6-8-14-27-21-39(27,35(48)43-56(51,52)42-28-16-18-29(53-4)19-17-28)41-33(46)32-20-30(24-45(32)34(31)47)54-37(50)44-22-25-12-10-11-13-26(25)23-44/h8,10-14,16-19,27,30-32,42H,5-7,9,15,20-24H2,1-4H3,(H,40,49)(H,41,46)(H,43,48)/t27-,30-,31-,32+,39-/m1/s1. The van der Waals surface area contributed by atoms with Crippen molar-refractivity contribution in [3.8, 4) is 5.75 Å². The number of allylic oxidation sites excluding steroid dienone is 1. The van der Waals surface area contributed by atoms with Crippen LogP contribution < -0.4 is 24.8 Å². The van der Waals surface area contributed by atoms with E-state index in [1.165, 1.54) is 29.0 Å². The van der Waals surface area contributed by atoms with Crippen molar-refractivity contribution in [1.82, 2.24) is 25.2 Å². The number of carbonyl (C=O) groups is 5. The first-order chi connectivity index (χ1) is 26.6. The van der Waals surface area contributed by atoms with E-state index in [0.717, 1.165) is 24.0 Å². The van der Waals surface area contributed by atoms with Gasteiger partial charge in [0.2, 0.25) is 11.8 Å². The largest absolute Gasteiger partial charge is 0.497 e. The predicted octanol–water partition coefficient (Wildman–Crippen LogP) is 3.88. The Bertz CT molecular complexity index is 1940. The zero-order chi connectivity index (χ0) is 40.3. The molecule has 6 rings (SSSR count). The summed E-state index contributed by atoms with van der Waals surface area (Å²) < 4.78 is 47.2. The van der Waals surface area contributed by atoms with Gasteiger partial charge in [-0.15, -0.1) is 0 Å². The summed E-state index contributed by atoms with van der Waals surface area (Å²) in [4.78, 5) is 71.8. The minimum absolute atomic E-state index is 0.0984. The highest BCUT2D eigenvalue weighted by Crippen LogP contribution is 2.46. The van der Waals surface area contributed by atoms with Crippen LogP contribution in [0.25, 0.3) is 0 Å². The van der Waals surface area contributed by atoms with Gasteiger partial charge in [-0.2, -0.15) is 8.42 Å². The van der Waals surface area contributed by atoms with Crippen molar-refractivity contribution in [2.24, 2.45) is 5.92 Å². The molecule has 3 aliphatic heterocycles. The molecular weight excluding hydrogens is 745 g/mol. The normalized spacial score (nSPS) is 25.3. The van der Waals surface area contributed by atoms with Gasteiger partial charge in [0.05, 0.1) is 19.3 Å². The summed E-state index contributed by atoms with van der Waals surface area (Å²) in [5, 5.41) is 5.48. The van der Waals surface area contributed by atoms with Gasteiger partial charge in [0.1, 0.15) is 35.1 Å². The summed E-state index contributed by atoms with van der Waals surface area (Å²) in [5.41, 5.74) is -0.326. The van der Waals surface area contributed by atoms with Gasteiger partial charge in [-0.25, -0.2) is 14.3 Å². The Balaban J connectivity index is 1.24. The lowest BCUT2D eigenvalue weighted by Gasteiger charge is -2.30. The van der Waals surface area contributed by atoms with Gasteiger partial charge >= 0.3 is 22.4 Å². The summed E-state index contributed by atoms with van der Waals surface area (Å²) in [6, 6.07) is 11.4. The molecule has 4 aliphatic rings. The summed E-state index contributed by atoms with van der Waals surface area (Å²) in [6.45, 7) is 5.65. The summed E-state index contributed by atoms with van der Waals surface area (Å²) in [6.07, 6.45) is 4.33. The van der Waals surface area contributed by atoms with E-state index in [1.54, 1.807) is 39.0 Å². The van der Waals surface area contributed by atoms with Crippen LogP contribution in [-0.2, 0) is 47.2 Å². The molecule has 1 saturated heterocycles. The van der Waals surface area contributed by atoms with E-state index in [2.05, 4.69) is 20.1 Å². The lowest BCUT2D eigenvalue weighted by Crippen LogP contribution is -2.58. The highest BCUT2D eigenvalue weighted by atomic mass is 32.2. The van der Waals surface area contributed by atoms with Crippen LogP contribution in [0.2, 0.25) is 0 Å². The van der Waals surface area contributed by atoms with Crippen molar-refractivity contribution < 1.29 is 46.6 Å². The number of anilines is 1. The number of nitrogens with zero attached hydrogens (tertiary/aromatic N) is 2. The van der Waals surface area contributed by atoms with Gasteiger partial charge in [-0.05, 0) is 81.8 Å². The molecule has 0 radical (unpaired) electrons. The Morgan fingerprint density at radius 1 is 0.964 bits per heavy atom. The van der Waals surface area contributed by atoms with Crippen molar-refractivity contribution in [3.63, 3.8) is 0 Å². The number of methoxy groups -OCH3 is 1. The zero-order valence-corrected chi connectivity index (χ0v) is 32.9. The van der Waals surface area contributed by atoms with Crippen molar-refractivity contribution in [3.05, 3.63) is 71.8 Å². The second kappa shape index (κ2) is 16.4. The van der Waals surface area contributed by atoms with Crippen LogP contribution in [0.3, 0.4) is 0 Å². The number of ether oxygens (including phenoxy) is 3. The van der Waals surface area contributed by atoms with E-state index in [9.17, 15) is 32.4 Å². The molecule has 2 aromatic carbocycles. The Hall–Kier alpha value is -5.32. The Morgan fingerprint density at radius 2 is 1.66 bits per heavy atom. The molecule has 56 heavy (non-hydrogen) atoms. The number of hydrogen-bond donors (Lipinski definition) is 4. The Labute approximate surface area is 326 Å². The molecule has 3 heterocycles. The molecule has 2 fully saturated rings. The molecule has 0 aromatic heterocycles. The van der Waals surface area contributed by atoms with E-state index >= 15 is 0 Å². The van der Waals surface area contributed by atoms with Crippen molar-refractivity contribution in [2.45, 2.75) is 108 Å². The molecule has 16 nitrogen and oxygen atoms in total. The number of benzene rings is 2. The quantitative estimate of drug-likeness (QED) is 0.298. The zero-order valence-electron chi connectivity index (χ0n) is 32.0. The highest BCUT2D eigenvalue weighted by Gasteiger charge is 2.61. The highest BCUT2D eigenvalue weighted by molar-refractivity contribution is 7.91. The average Bonchev–Trinajstić information content (AvgIpc) is 3.43. The molecular formula is C39H50N6O10S. The lowest BCUT2D eigenvalue weighted by atomic mass is 10.0. The second-order valence-electron chi connectivity index (χ2n) is 15.7. The smallest absolute Gasteiger partial charge is 0.410 e. The van der Waals surface area contributed by atoms with E-state index in [0.29, 0.717) is 31.7 Å². The minimum Gasteiger partial charge on any atom is -0.497 e. The molecule has 5 amide bonds. The first kappa shape index (κ1) is 40.3. The predicted molar refractivity (Wildman–Crippen MR) is 204 cm³/mol. The van der Waals surface area contributed by atoms with Crippen molar-refractivity contribution >= 4 is 45.8 Å². The average molecular weight is 795 g/mol. The third-order valence-corrected chi connectivity index (χ3v) is 11.2. The van der Waals surface area contributed by atoms with Crippen LogP contribution in [0.15, 0.2) is 60.7 Å². The van der Waals surface area contributed by atoms with Crippen LogP contribution in [-0.4, -0.2) is 91.1 Å². The topological polar surface area (TPSA) is 202 Å². The van der Waals surface area contributed by atoms with E-state index < -0.39 is 75.4 Å². The molecule has 2 aromatic rings. The fourth-order valence-corrected chi connectivity index (χ4v) is 8.27. The molecule has 5 atom stereocenters. The molecule has 0 spiro atoms. The number of alkyl carbamates (subject to hydrolysis) is 1. The SMILES string of the molecule is COc1ccc(NS(=O)(=O)NC(=O)[C@@]23C[C@H]2C=CCCCCC[C@@H](NC(=O)OC(C)(C)C)C(=O)N2C[C@H](OC(=O)N4Cc5ccccc5C4)C[C@H]2C(=O)N3)cc1. The number of fused-ring (bicyclic) bond motifs is 3. The molecule has 1 aliphatic carbocycles. The first-order valence-corrected chi connectivity index (χ1v) is 20.3. The molecule has 4 N–H and O–H groups in total. The maximum absolute atomic E-state index is 14.4. The van der Waals surface area contributed by atoms with Crippen LogP contribution in [0.4, 0.5) is 15.3 Å². The molecule has 302 valence electrons. The maximum Gasteiger partial charge on any atom is 0.410 e. The summed E-state index contributed by atoms with van der Waals surface area (Å²) in [5.74, 6) is -2.30. The number of amides is 5. The molecule has 17 heteroatoms. The fourth-order valence-electron chi connectivity index (χ4n) is 7.35. The van der Waals surface area contributed by atoms with Gasteiger partial charge in [0, 0.05) is 25.4 Å². The van der Waals surface area contributed by atoms with Crippen LogP contribution in [0.1, 0.15) is 76.8 Å². The number of rotatable bonds is 7. The monoisotopic (exact) mass is 794 g/mol. The lowest BCUT2D eigenvalue weighted by molar-refractivity contribution is -0.141. The van der Waals surface area contributed by atoms with E-state index in [-0.39, 0.29) is 31.5 Å². The fraction of sp³-hybridized carbons (Fsp3) is 0.513. The van der Waals surface area contributed by atoms with Gasteiger partial charge in [-0.1, -0.05) is 49.3 Å². The Morgan fingerprint density at radius 3 is 2.32 bits per heavy atom. The summed E-state index contributed by atoms with van der Waals surface area (Å²) in [7, 11) is -2.98. The van der Waals surface area contributed by atoms with Crippen LogP contribution in [0.5, 0.6) is 5.75 Å². The first-order valence-electron chi connectivity index (χ1n) is 18.9. The van der Waals surface area contributed by atoms with Crippen molar-refractivity contribution in [2.75, 3.05) is 18.4 Å². The Kier molecular flexibility index (Phi) is 11.8. The van der Waals surface area contributed by atoms with Gasteiger partial charge < -0.3 is 29.7 Å². The van der Waals surface area contributed by atoms with E-state index in [4.69, 9.17) is 14.2 Å². The second-order valence-corrected chi connectivity index (χ2v) is 17.1. The third kappa shape index (κ3) is 9.72. The van der Waals surface area contributed by atoms with Gasteiger partial charge in [-0.3, -0.25) is 24.0 Å². The summed E-state index contributed by atoms with van der Waals surface area (Å²) >= 11 is 0. The van der Waals surface area contributed by atoms with Gasteiger partial charge in [0.15, 0.2) is 0 Å². The van der Waals surface area contributed by atoms with E-state index in [1.807, 2.05) is 30.3 Å². The van der Waals surface area contributed by atoms with Crippen LogP contribution >= 0.6 is 0 Å². The molecule has 1 saturated carbocycles. The molecule has 0 unspecified atom stereocenters.